The minimum atomic E-state index is -0.625. The smallest absolute Gasteiger partial charge is 0.0348 e. The third-order valence-electron chi connectivity index (χ3n) is 7.83. The van der Waals surface area contributed by atoms with Gasteiger partial charge in [-0.1, -0.05) is 169 Å². The summed E-state index contributed by atoms with van der Waals surface area (Å²) in [7, 11) is -0.625. The molecular formula is C32H66OS. The van der Waals surface area contributed by atoms with E-state index in [2.05, 4.69) is 27.7 Å². The maximum atomic E-state index is 13.2. The molecule has 0 heterocycles. The Morgan fingerprint density at radius 1 is 0.382 bits per heavy atom. The van der Waals surface area contributed by atoms with Gasteiger partial charge in [-0.25, -0.2) is 0 Å². The molecule has 0 saturated carbocycles. The van der Waals surface area contributed by atoms with Crippen LogP contribution >= 0.6 is 0 Å². The van der Waals surface area contributed by atoms with Crippen molar-refractivity contribution in [2.75, 3.05) is 0 Å². The predicted octanol–water partition coefficient (Wildman–Crippen LogP) is 11.7. The van der Waals surface area contributed by atoms with Gasteiger partial charge in [-0.3, -0.25) is 4.21 Å². The van der Waals surface area contributed by atoms with E-state index in [4.69, 9.17) is 0 Å². The van der Waals surface area contributed by atoms with Gasteiger partial charge in [0.1, 0.15) is 0 Å². The Hall–Kier alpha value is 0.150. The lowest BCUT2D eigenvalue weighted by molar-refractivity contribution is 0.529. The van der Waals surface area contributed by atoms with Gasteiger partial charge in [-0.2, -0.15) is 0 Å². The highest BCUT2D eigenvalue weighted by atomic mass is 32.2. The summed E-state index contributed by atoms with van der Waals surface area (Å²) in [5.74, 6) is 0. The van der Waals surface area contributed by atoms with Gasteiger partial charge in [-0.15, -0.1) is 0 Å². The molecule has 0 spiro atoms. The minimum Gasteiger partial charge on any atom is -0.259 e. The zero-order chi connectivity index (χ0) is 25.1. The lowest BCUT2D eigenvalue weighted by atomic mass is 10.0. The zero-order valence-electron chi connectivity index (χ0n) is 24.4. The molecule has 0 N–H and O–H groups in total. The number of hydrogen-bond donors (Lipinski definition) is 0. The van der Waals surface area contributed by atoms with Crippen LogP contribution in [0.2, 0.25) is 0 Å². The Kier molecular flexibility index (Phi) is 27.9. The van der Waals surface area contributed by atoms with E-state index in [9.17, 15) is 4.21 Å². The average molecular weight is 499 g/mol. The van der Waals surface area contributed by atoms with Crippen molar-refractivity contribution in [3.63, 3.8) is 0 Å². The SMILES string of the molecule is CCCCCCCCCCCCCC(CC)S(=O)C(CC)CCCCCCCCCCCCC. The zero-order valence-corrected chi connectivity index (χ0v) is 25.2. The molecule has 0 rings (SSSR count). The highest BCUT2D eigenvalue weighted by Gasteiger charge is 2.22. The monoisotopic (exact) mass is 498 g/mol. The van der Waals surface area contributed by atoms with E-state index in [0.29, 0.717) is 10.5 Å². The van der Waals surface area contributed by atoms with E-state index >= 15 is 0 Å². The molecule has 0 saturated heterocycles. The molecule has 2 heteroatoms. The second-order valence-corrected chi connectivity index (χ2v) is 13.0. The summed E-state index contributed by atoms with van der Waals surface area (Å²) in [6, 6.07) is 0. The van der Waals surface area contributed by atoms with E-state index in [1.165, 1.54) is 154 Å². The summed E-state index contributed by atoms with van der Waals surface area (Å²) in [5.41, 5.74) is 0. The van der Waals surface area contributed by atoms with Crippen LogP contribution in [0.15, 0.2) is 0 Å². The summed E-state index contributed by atoms with van der Waals surface area (Å²) in [5, 5.41) is 0.882. The van der Waals surface area contributed by atoms with E-state index in [1.807, 2.05) is 0 Å². The molecule has 0 bridgehead atoms. The van der Waals surface area contributed by atoms with E-state index < -0.39 is 10.8 Å². The summed E-state index contributed by atoms with van der Waals surface area (Å²) in [6.07, 6.45) is 35.3. The van der Waals surface area contributed by atoms with Crippen molar-refractivity contribution in [1.29, 1.82) is 0 Å². The van der Waals surface area contributed by atoms with Gasteiger partial charge in [0.25, 0.3) is 0 Å². The molecule has 0 fully saturated rings. The van der Waals surface area contributed by atoms with Crippen LogP contribution < -0.4 is 0 Å². The summed E-state index contributed by atoms with van der Waals surface area (Å²) >= 11 is 0. The van der Waals surface area contributed by atoms with Crippen LogP contribution in [0.1, 0.15) is 195 Å². The van der Waals surface area contributed by atoms with Crippen LogP contribution in [0.5, 0.6) is 0 Å². The molecule has 34 heavy (non-hydrogen) atoms. The summed E-state index contributed by atoms with van der Waals surface area (Å²) in [6.45, 7) is 9.10. The topological polar surface area (TPSA) is 17.1 Å². The molecule has 0 aliphatic rings. The lowest BCUT2D eigenvalue weighted by Gasteiger charge is -2.22. The normalized spacial score (nSPS) is 14.4. The van der Waals surface area contributed by atoms with E-state index in [-0.39, 0.29) is 0 Å². The largest absolute Gasteiger partial charge is 0.259 e. The first-order chi connectivity index (χ1) is 16.7. The van der Waals surface area contributed by atoms with Crippen LogP contribution in [0.25, 0.3) is 0 Å². The molecule has 1 nitrogen and oxygen atoms in total. The van der Waals surface area contributed by atoms with Crippen molar-refractivity contribution in [1.82, 2.24) is 0 Å². The Morgan fingerprint density at radius 2 is 0.618 bits per heavy atom. The fraction of sp³-hybridized carbons (Fsp3) is 1.00. The first-order valence-electron chi connectivity index (χ1n) is 16.1. The minimum absolute atomic E-state index is 0.441. The molecule has 206 valence electrons. The molecule has 0 aromatic carbocycles. The van der Waals surface area contributed by atoms with Gasteiger partial charge in [0.05, 0.1) is 0 Å². The number of hydrogen-bond acceptors (Lipinski definition) is 1. The molecule has 0 aromatic rings. The maximum Gasteiger partial charge on any atom is 0.0348 e. The molecule has 0 aromatic heterocycles. The average Bonchev–Trinajstić information content (AvgIpc) is 2.85. The van der Waals surface area contributed by atoms with Crippen LogP contribution in [0.3, 0.4) is 0 Å². The second kappa shape index (κ2) is 27.7. The van der Waals surface area contributed by atoms with Gasteiger partial charge < -0.3 is 0 Å². The fourth-order valence-corrected chi connectivity index (χ4v) is 7.31. The Balaban J connectivity index is 3.76. The van der Waals surface area contributed by atoms with Crippen molar-refractivity contribution < 1.29 is 4.21 Å². The van der Waals surface area contributed by atoms with Crippen molar-refractivity contribution in [2.24, 2.45) is 0 Å². The molecule has 2 atom stereocenters. The molecule has 0 radical (unpaired) electrons. The Bertz CT molecular complexity index is 372. The van der Waals surface area contributed by atoms with Crippen molar-refractivity contribution in [3.8, 4) is 0 Å². The van der Waals surface area contributed by atoms with Crippen molar-refractivity contribution in [3.05, 3.63) is 0 Å². The highest BCUT2D eigenvalue weighted by molar-refractivity contribution is 7.86. The highest BCUT2D eigenvalue weighted by Crippen LogP contribution is 2.22. The molecule has 2 unspecified atom stereocenters. The first-order valence-corrected chi connectivity index (χ1v) is 17.4. The third kappa shape index (κ3) is 21.4. The van der Waals surface area contributed by atoms with Gasteiger partial charge in [0, 0.05) is 21.3 Å². The standard InChI is InChI=1S/C32H66OS/c1-5-9-11-13-15-17-19-21-23-25-27-29-31(7-3)34(33)32(8-4)30-28-26-24-22-20-18-16-14-12-10-6-2/h31-32H,5-30H2,1-4H3. The molecule has 0 aliphatic heterocycles. The Labute approximate surface area is 219 Å². The lowest BCUT2D eigenvalue weighted by Crippen LogP contribution is -2.25. The quantitative estimate of drug-likeness (QED) is 0.0980. The summed E-state index contributed by atoms with van der Waals surface area (Å²) < 4.78 is 13.2. The van der Waals surface area contributed by atoms with Gasteiger partial charge in [0.2, 0.25) is 0 Å². The van der Waals surface area contributed by atoms with Crippen LogP contribution in [0, 0.1) is 0 Å². The molecule has 0 amide bonds. The van der Waals surface area contributed by atoms with Gasteiger partial charge in [0.15, 0.2) is 0 Å². The maximum absolute atomic E-state index is 13.2. The molecular weight excluding hydrogens is 432 g/mol. The van der Waals surface area contributed by atoms with Gasteiger partial charge >= 0.3 is 0 Å². The second-order valence-electron chi connectivity index (χ2n) is 11.0. The van der Waals surface area contributed by atoms with Crippen molar-refractivity contribution >= 4 is 10.8 Å². The summed E-state index contributed by atoms with van der Waals surface area (Å²) in [4.78, 5) is 0. The van der Waals surface area contributed by atoms with Crippen LogP contribution in [-0.4, -0.2) is 14.7 Å². The molecule has 0 aliphatic carbocycles. The fourth-order valence-electron chi connectivity index (χ4n) is 5.31. The van der Waals surface area contributed by atoms with Crippen LogP contribution in [0.4, 0.5) is 0 Å². The van der Waals surface area contributed by atoms with Gasteiger partial charge in [-0.05, 0) is 25.7 Å². The predicted molar refractivity (Wildman–Crippen MR) is 158 cm³/mol. The van der Waals surface area contributed by atoms with Crippen LogP contribution in [-0.2, 0) is 10.8 Å². The third-order valence-corrected chi connectivity index (χ3v) is 10.3. The first kappa shape index (κ1) is 34.1. The van der Waals surface area contributed by atoms with E-state index in [1.54, 1.807) is 0 Å². The number of rotatable bonds is 28. The van der Waals surface area contributed by atoms with E-state index in [0.717, 1.165) is 12.8 Å². The van der Waals surface area contributed by atoms with Crippen molar-refractivity contribution in [2.45, 2.75) is 205 Å². The Morgan fingerprint density at radius 3 is 0.853 bits per heavy atom. The number of unbranched alkanes of at least 4 members (excludes halogenated alkanes) is 20.